The maximum Gasteiger partial charge on any atom is 0.410 e. The van der Waals surface area contributed by atoms with Crippen molar-refractivity contribution in [3.8, 4) is 22.8 Å². The smallest absolute Gasteiger partial charge is 0.410 e. The molecule has 116 heavy (non-hydrogen) atoms. The highest BCUT2D eigenvalue weighted by Gasteiger charge is 2.33. The van der Waals surface area contributed by atoms with Crippen molar-refractivity contribution < 1.29 is 59.3 Å². The third-order valence-corrected chi connectivity index (χ3v) is 24.7. The average molecular weight is 1680 g/mol. The predicted octanol–water partition coefficient (Wildman–Crippen LogP) is 11.0. The second-order valence-corrected chi connectivity index (χ2v) is 38.8. The van der Waals surface area contributed by atoms with Crippen molar-refractivity contribution in [1.82, 2.24) is 69.9 Å². The maximum absolute atomic E-state index is 12.6. The van der Waals surface area contributed by atoms with Gasteiger partial charge in [-0.2, -0.15) is 9.59 Å². The summed E-state index contributed by atoms with van der Waals surface area (Å²) in [5.74, 6) is 11.3. The lowest BCUT2D eigenvalue weighted by Gasteiger charge is -2.33. The van der Waals surface area contributed by atoms with Crippen LogP contribution in [0, 0.1) is 29.1 Å². The SMILES string of the molecule is CC(C)(C)OC(=O)N1CCCC(O)C1.CC1CCCN(C(=O)OC(C)(C)C)C1.CN.CNS(=O)(=O)c1ccc(CC2CCCCC2)c(-c2nnn(C3CCCN(C(=O)OC(C)(C)C)C3)n2)c1.CNS(=O)(=O)c1ccc(CC2CCCCC2)c(-c2nnn(C3CCCNC3)n2)c1.N=C(N)c1cc(S(=O)[O-])ccc1CC1CCCCC1.NN. The first-order valence-corrected chi connectivity index (χ1v) is 45.5. The Balaban J connectivity index is 0.000000234. The monoisotopic (exact) mass is 1680 g/mol. The van der Waals surface area contributed by atoms with Gasteiger partial charge in [0, 0.05) is 67.4 Å². The molecule has 0 spiro atoms. The lowest BCUT2D eigenvalue weighted by Crippen LogP contribution is -2.44. The molecule has 5 atom stereocenters. The van der Waals surface area contributed by atoms with Crippen molar-refractivity contribution in [2.75, 3.05) is 73.5 Å². The Hall–Kier alpha value is -7.19. The van der Waals surface area contributed by atoms with Crippen molar-refractivity contribution in [3.05, 3.63) is 76.9 Å². The zero-order valence-electron chi connectivity index (χ0n) is 71.1. The molecular formula is C81H136N19O13S3-. The number of sulfonamides is 2. The molecular weight excluding hydrogens is 1540 g/mol. The number of aliphatic hydroxyl groups is 1. The summed E-state index contributed by atoms with van der Waals surface area (Å²) < 4.78 is 92.5. The number of amides is 3. The van der Waals surface area contributed by atoms with E-state index in [-0.39, 0.29) is 56.5 Å². The number of nitrogen functional groups attached to an aromatic ring is 1. The Morgan fingerprint density at radius 1 is 0.552 bits per heavy atom. The van der Waals surface area contributed by atoms with Crippen LogP contribution in [-0.2, 0) is 64.6 Å². The number of likely N-dealkylation sites (tertiary alicyclic amines) is 3. The zero-order valence-corrected chi connectivity index (χ0v) is 73.5. The molecule has 0 bridgehead atoms. The van der Waals surface area contributed by atoms with Gasteiger partial charge in [-0.1, -0.05) is 121 Å². The van der Waals surface area contributed by atoms with Crippen LogP contribution in [0.4, 0.5) is 14.4 Å². The molecule has 3 aliphatic carbocycles. The fraction of sp³-hybridized carbons (Fsp3) is 0.704. The quantitative estimate of drug-likeness (QED) is 0.0111. The molecule has 12 rings (SSSR count). The Bertz CT molecular complexity index is 4080. The van der Waals surface area contributed by atoms with E-state index < -0.39 is 48.4 Å². The number of benzene rings is 3. The molecule has 13 N–H and O–H groups in total. The number of carbonyl (C=O) groups is 3. The minimum absolute atomic E-state index is 0.0573. The first kappa shape index (κ1) is 97.6. The van der Waals surface area contributed by atoms with Crippen molar-refractivity contribution in [2.45, 2.75) is 286 Å². The van der Waals surface area contributed by atoms with Crippen LogP contribution < -0.4 is 37.9 Å². The molecule has 4 aliphatic heterocycles. The lowest BCUT2D eigenvalue weighted by molar-refractivity contribution is 0.00383. The van der Waals surface area contributed by atoms with Crippen LogP contribution in [0.1, 0.15) is 251 Å². The molecule has 5 unspecified atom stereocenters. The molecule has 32 nitrogen and oxygen atoms in total. The predicted molar refractivity (Wildman–Crippen MR) is 449 cm³/mol. The summed E-state index contributed by atoms with van der Waals surface area (Å²) in [6.45, 7) is 24.6. The largest absolute Gasteiger partial charge is 0.768 e. The summed E-state index contributed by atoms with van der Waals surface area (Å²) in [5.41, 5.74) is 13.9. The average Bonchev–Trinajstić information content (AvgIpc) is 1.50. The molecule has 7 aliphatic rings. The zero-order chi connectivity index (χ0) is 85.6. The number of nitrogens with zero attached hydrogens (tertiary/aromatic N) is 11. The van der Waals surface area contributed by atoms with E-state index in [0.717, 1.165) is 113 Å². The normalized spacial score (nSPS) is 20.2. The molecule has 35 heteroatoms. The van der Waals surface area contributed by atoms with Crippen LogP contribution >= 0.6 is 0 Å². The third kappa shape index (κ3) is 32.2. The van der Waals surface area contributed by atoms with Gasteiger partial charge in [0.15, 0.2) is 0 Å². The van der Waals surface area contributed by atoms with Gasteiger partial charge in [0.1, 0.15) is 22.6 Å². The topological polar surface area (TPSA) is 468 Å². The number of aromatic nitrogens is 8. The molecule has 6 heterocycles. The molecule has 0 radical (unpaired) electrons. The number of carbonyl (C=O) groups excluding carboxylic acids is 3. The lowest BCUT2D eigenvalue weighted by atomic mass is 9.84. The Kier molecular flexibility index (Phi) is 39.5. The molecule has 4 saturated heterocycles. The van der Waals surface area contributed by atoms with Gasteiger partial charge < -0.3 is 55.4 Å². The van der Waals surface area contributed by atoms with Crippen LogP contribution in [0.2, 0.25) is 0 Å². The number of rotatable bonds is 16. The fourth-order valence-electron chi connectivity index (χ4n) is 15.4. The van der Waals surface area contributed by atoms with Crippen LogP contribution in [0.15, 0.2) is 69.3 Å². The van der Waals surface area contributed by atoms with Gasteiger partial charge >= 0.3 is 18.3 Å². The van der Waals surface area contributed by atoms with Gasteiger partial charge in [0.05, 0.1) is 28.0 Å². The second-order valence-electron chi connectivity index (χ2n) is 34.1. The number of β-amino-alcohol motifs (C(OH)–C–C–N with tert-alkyl or cyclic N) is 1. The number of hydrogen-bond acceptors (Lipinski definition) is 24. The Labute approximate surface area is 691 Å². The van der Waals surface area contributed by atoms with Crippen molar-refractivity contribution in [3.63, 3.8) is 0 Å². The summed E-state index contributed by atoms with van der Waals surface area (Å²) in [7, 11) is -2.82. The number of hydrazine groups is 1. The first-order chi connectivity index (χ1) is 55.0. The molecule has 652 valence electrons. The maximum atomic E-state index is 12.6. The van der Waals surface area contributed by atoms with E-state index in [1.54, 1.807) is 55.8 Å². The van der Waals surface area contributed by atoms with Crippen molar-refractivity contribution in [2.24, 2.45) is 46.8 Å². The summed E-state index contributed by atoms with van der Waals surface area (Å²) in [6.07, 6.45) is 27.8. The highest BCUT2D eigenvalue weighted by atomic mass is 32.2. The van der Waals surface area contributed by atoms with Gasteiger partial charge in [0.2, 0.25) is 31.7 Å². The Morgan fingerprint density at radius 2 is 0.940 bits per heavy atom. The highest BCUT2D eigenvalue weighted by molar-refractivity contribution is 7.89. The first-order valence-electron chi connectivity index (χ1n) is 41.5. The number of amidine groups is 1. The number of aliphatic hydroxyl groups excluding tert-OH is 1. The minimum Gasteiger partial charge on any atom is -0.768 e. The van der Waals surface area contributed by atoms with Gasteiger partial charge in [-0.25, -0.2) is 40.7 Å². The van der Waals surface area contributed by atoms with Gasteiger partial charge in [-0.15, -0.1) is 20.4 Å². The third-order valence-electron chi connectivity index (χ3n) is 21.3. The number of ether oxygens (including phenoxy) is 3. The second kappa shape index (κ2) is 47.0. The molecule has 5 aromatic rings. The Morgan fingerprint density at radius 3 is 1.33 bits per heavy atom. The molecule has 3 amide bonds. The van der Waals surface area contributed by atoms with Gasteiger partial charge in [0.25, 0.3) is 0 Å². The van der Waals surface area contributed by atoms with E-state index in [4.69, 9.17) is 25.4 Å². The molecule has 3 saturated carbocycles. The molecule has 7 fully saturated rings. The number of nitrogens with one attached hydrogen (secondary N) is 4. The number of piperidine rings is 4. The van der Waals surface area contributed by atoms with E-state index in [1.165, 1.54) is 130 Å². The number of hydrogen-bond donors (Lipinski definition) is 9. The van der Waals surface area contributed by atoms with E-state index in [1.807, 2.05) is 79.3 Å². The van der Waals surface area contributed by atoms with Gasteiger partial charge in [-0.3, -0.25) is 21.3 Å². The van der Waals surface area contributed by atoms with Crippen LogP contribution in [-0.4, -0.2) is 206 Å². The van der Waals surface area contributed by atoms with Crippen LogP contribution in [0.5, 0.6) is 0 Å². The summed E-state index contributed by atoms with van der Waals surface area (Å²) in [6, 6.07) is 15.5. The summed E-state index contributed by atoms with van der Waals surface area (Å²) in [5, 5.41) is 46.9. The fourth-order valence-corrected chi connectivity index (χ4v) is 17.3. The molecule has 2 aromatic heterocycles. The van der Waals surface area contributed by atoms with Crippen molar-refractivity contribution in [1.29, 1.82) is 5.41 Å². The standard InChI is InChI=1S/C25H38N6O4S.C20H30N6O2S.C14H20N2O2S.C11H21NO2.C10H19NO3.CH5N.H4N2/c1-25(2,3)35-24(32)30-14-8-11-20(17-30)31-28-23(27-29-31)22-16-21(36(33,34)26-4)13-12-19(22)15-18-9-6-5-7-10-18;1-21-29(27,28)18-10-9-16(12-15-6-3-2-4-7-15)19(13-18)20-23-25-26(24-20)17-8-5-11-22-14-17;15-14(16)13-9-12(19(17)18)7-6-11(13)8-10-4-2-1-3-5-10;1-9-6-5-7-12(8-9)10(13)14-11(2,3)4;1-10(2,3)14-9(13)11-6-4-5-8(12)7-11;2*1-2/h12-13,16,18,20,26H,5-11,14-15,17H2,1-4H3;9-10,13,15,17,21-22H,2-8,11-12,14H2,1H3;6-7,9-10H,1-5,8H2,(H3,15,16)(H,17,18);9H,5-8H2,1-4H3;8,12H,4-7H2,1-3H3;2H2,1H3;1-2H2/p-1. The van der Waals surface area contributed by atoms with Gasteiger partial charge in [-0.05, 0) is 259 Å². The van der Waals surface area contributed by atoms with Crippen molar-refractivity contribution >= 4 is 55.2 Å². The number of tetrazole rings is 2. The number of nitrogens with two attached hydrogens (primary N) is 4. The van der Waals surface area contributed by atoms with E-state index in [9.17, 15) is 45.1 Å². The molecule has 3 aromatic carbocycles. The van der Waals surface area contributed by atoms with Crippen LogP contribution in [0.25, 0.3) is 22.8 Å². The summed E-state index contributed by atoms with van der Waals surface area (Å²) >= 11 is -2.27. The van der Waals surface area contributed by atoms with E-state index in [0.29, 0.717) is 72.6 Å². The minimum atomic E-state index is -3.61. The van der Waals surface area contributed by atoms with E-state index in [2.05, 4.69) is 69.9 Å². The highest BCUT2D eigenvalue weighted by Crippen LogP contribution is 2.36. The van der Waals surface area contributed by atoms with Crippen LogP contribution in [0.3, 0.4) is 0 Å². The van der Waals surface area contributed by atoms with E-state index >= 15 is 0 Å². The summed E-state index contributed by atoms with van der Waals surface area (Å²) in [4.78, 5) is 44.7.